The summed E-state index contributed by atoms with van der Waals surface area (Å²) in [5.74, 6) is 2.54. The van der Waals surface area contributed by atoms with Gasteiger partial charge >= 0.3 is 25.4 Å². The number of allylic oxidation sites excluding steroid dienone is 3. The summed E-state index contributed by atoms with van der Waals surface area (Å²) in [5.41, 5.74) is 16.6. The number of esters is 1. The molecule has 2 fully saturated rings. The molecule has 0 N–H and O–H groups in total. The second-order valence-electron chi connectivity index (χ2n) is 22.5. The Balaban J connectivity index is 0.000000208. The number of aliphatic imine (C=N–C) groups is 2. The zero-order chi connectivity index (χ0) is 56.1. The molecule has 4 heterocycles. The van der Waals surface area contributed by atoms with E-state index in [9.17, 15) is 10.1 Å². The Labute approximate surface area is 486 Å². The molecule has 2 aliphatic heterocycles. The third kappa shape index (κ3) is 12.4. The molecular weight excluding hydrogens is 1040 g/mol. The molecule has 4 unspecified atom stereocenters. The van der Waals surface area contributed by atoms with Crippen LogP contribution >= 0.6 is 0 Å². The van der Waals surface area contributed by atoms with Crippen LogP contribution in [0.2, 0.25) is 0 Å². The van der Waals surface area contributed by atoms with Crippen LogP contribution in [0, 0.1) is 67.3 Å². The number of rotatable bonds is 12. The van der Waals surface area contributed by atoms with Gasteiger partial charge in [-0.25, -0.2) is 19.4 Å². The molecule has 0 saturated heterocycles. The average molecular weight is 1110 g/mol. The van der Waals surface area contributed by atoms with Crippen LogP contribution in [0.5, 0.6) is 0 Å². The minimum absolute atomic E-state index is 0. The van der Waals surface area contributed by atoms with Gasteiger partial charge in [-0.15, -0.1) is 17.1 Å². The van der Waals surface area contributed by atoms with Crippen molar-refractivity contribution in [3.8, 4) is 28.3 Å². The molecule has 4 atom stereocenters. The molecule has 4 aliphatic rings. The van der Waals surface area contributed by atoms with E-state index in [1.165, 1.54) is 0 Å². The Morgan fingerprint density at radius 1 is 0.662 bits per heavy atom. The number of nitrogens with zero attached hydrogens (tertiary/aromatic N) is 6. The zero-order valence-electron chi connectivity index (χ0n) is 48.3. The van der Waals surface area contributed by atoms with Gasteiger partial charge in [0, 0.05) is 28.0 Å². The van der Waals surface area contributed by atoms with Crippen LogP contribution in [-0.4, -0.2) is 36.2 Å². The van der Waals surface area contributed by atoms with Crippen molar-refractivity contribution >= 4 is 45.9 Å². The summed E-state index contributed by atoms with van der Waals surface area (Å²) >= 11 is 0. The Morgan fingerprint density at radius 2 is 1.15 bits per heavy atom. The van der Waals surface area contributed by atoms with Gasteiger partial charge in [0.2, 0.25) is 0 Å². The van der Waals surface area contributed by atoms with Gasteiger partial charge in [0.15, 0.2) is 5.69 Å². The molecule has 2 aliphatic carbocycles. The van der Waals surface area contributed by atoms with E-state index in [1.807, 2.05) is 150 Å². The van der Waals surface area contributed by atoms with Crippen LogP contribution in [0.1, 0.15) is 127 Å². The van der Waals surface area contributed by atoms with Crippen LogP contribution in [0.4, 0.5) is 5.69 Å². The molecule has 2 aromatic heterocycles. The third-order valence-electron chi connectivity index (χ3n) is 16.3. The number of benzene rings is 4. The van der Waals surface area contributed by atoms with Crippen molar-refractivity contribution in [3.05, 3.63) is 195 Å². The molecule has 2 saturated carbocycles. The van der Waals surface area contributed by atoms with Crippen LogP contribution < -0.4 is 9.97 Å². The number of hydrogen-bond donors (Lipinski definition) is 0. The summed E-state index contributed by atoms with van der Waals surface area (Å²) in [6, 6.07) is 42.4. The molecule has 10 nitrogen and oxygen atoms in total. The SMILES string of the molecule is CC1=N/C(=C\c2[n-]c(C)c(C#N)c2-c2ccccc2)C(c2ccccc2)=C1COOC1C(C)CC(C)CC1C.[C-]#[N+]c1c(C)[n-]c(/C(C)=C2\N=C(C)C(C(=O)OC3C(C)CC(C)CC3C)=C2c2ccccc2)c1-c1ccccc1.[Zn+2]. The van der Waals surface area contributed by atoms with Crippen molar-refractivity contribution in [1.29, 1.82) is 5.26 Å². The van der Waals surface area contributed by atoms with Gasteiger partial charge < -0.3 is 14.7 Å². The van der Waals surface area contributed by atoms with Crippen LogP contribution in [0.3, 0.4) is 0 Å². The molecule has 10 rings (SSSR count). The van der Waals surface area contributed by atoms with E-state index >= 15 is 0 Å². The predicted octanol–water partition coefficient (Wildman–Crippen LogP) is 16.2. The second-order valence-corrected chi connectivity index (χ2v) is 22.5. The summed E-state index contributed by atoms with van der Waals surface area (Å²) in [4.78, 5) is 49.4. The van der Waals surface area contributed by atoms with Crippen molar-refractivity contribution in [2.45, 2.75) is 114 Å². The number of carbonyl (C=O) groups excluding carboxylic acids is 1. The maximum Gasteiger partial charge on any atom is 2.00 e. The van der Waals surface area contributed by atoms with Gasteiger partial charge in [-0.3, -0.25) is 9.98 Å². The first-order valence-corrected chi connectivity index (χ1v) is 27.9. The van der Waals surface area contributed by atoms with Gasteiger partial charge in [0.05, 0.1) is 41.4 Å². The molecule has 4 aromatic carbocycles. The van der Waals surface area contributed by atoms with E-state index in [1.54, 1.807) is 0 Å². The van der Waals surface area contributed by atoms with Gasteiger partial charge in [-0.1, -0.05) is 177 Å². The maximum atomic E-state index is 13.9. The molecule has 11 heteroatoms. The molecule has 0 bridgehead atoms. The van der Waals surface area contributed by atoms with Crippen molar-refractivity contribution in [2.24, 2.45) is 45.5 Å². The van der Waals surface area contributed by atoms with E-state index < -0.39 is 0 Å². The number of ether oxygens (including phenoxy) is 1. The van der Waals surface area contributed by atoms with Crippen LogP contribution in [-0.2, 0) is 38.8 Å². The first-order chi connectivity index (χ1) is 38.1. The summed E-state index contributed by atoms with van der Waals surface area (Å²) in [5, 5.41) is 9.93. The van der Waals surface area contributed by atoms with Crippen molar-refractivity contribution in [1.82, 2.24) is 9.97 Å². The molecule has 80 heavy (non-hydrogen) atoms. The fourth-order valence-electron chi connectivity index (χ4n) is 12.8. The molecule has 0 radical (unpaired) electrons. The van der Waals surface area contributed by atoms with Gasteiger partial charge in [-0.2, -0.15) is 11.0 Å². The maximum absolute atomic E-state index is 13.9. The Bertz CT molecular complexity index is 3470. The number of nitriles is 1. The molecule has 0 spiro atoms. The van der Waals surface area contributed by atoms with Crippen molar-refractivity contribution in [3.63, 3.8) is 0 Å². The standard InChI is InChI=1S/C35H37N3O2.C34H36N3O2.Zn/c1-20-18-21(2)34(22(3)19-20)40-35(39)28-24(5)37-31(29(28)26-14-10-8-11-15-26)23(4)32-30(27-16-12-9-13-17-27)33(36-7)25(6)38-32;1-21-16-22(2)34(23(3)17-21)39-38-20-29-25(5)37-31(33(29)27-14-10-7-11-15-27)18-30-32(26-12-8-6-9-13-26)28(19-35)24(4)36-30;/h8-17,20-22,34H,18-19H2,1-6H3,(H,37,38,39);6-15,18,21-23,34H,16-17,20H2,1-5H3;/q;-1;+2/p-1/b;31-18-;. The predicted molar refractivity (Wildman–Crippen MR) is 319 cm³/mol. The van der Waals surface area contributed by atoms with E-state index in [4.69, 9.17) is 41.0 Å². The fraction of sp³-hybridized carbons (Fsp3) is 0.348. The monoisotopic (exact) mass is 1110 g/mol. The van der Waals surface area contributed by atoms with Gasteiger partial charge in [0.25, 0.3) is 0 Å². The summed E-state index contributed by atoms with van der Waals surface area (Å²) in [7, 11) is 0. The second kappa shape index (κ2) is 25.9. The van der Waals surface area contributed by atoms with E-state index in [2.05, 4.69) is 64.6 Å². The third-order valence-corrected chi connectivity index (χ3v) is 16.3. The van der Waals surface area contributed by atoms with E-state index in [-0.39, 0.29) is 37.7 Å². The first kappa shape index (κ1) is 58.9. The average Bonchev–Trinajstić information content (AvgIpc) is 4.27. The minimum atomic E-state index is -0.321. The molecule has 404 valence electrons. The Hall–Kier alpha value is -7.27. The van der Waals surface area contributed by atoms with Crippen molar-refractivity contribution < 1.29 is 38.8 Å². The summed E-state index contributed by atoms with van der Waals surface area (Å²) in [6.07, 6.45) is 6.39. The number of aromatic nitrogens is 2. The largest absolute Gasteiger partial charge is 2.00 e. The Kier molecular flexibility index (Phi) is 19.1. The quantitative estimate of drug-likeness (QED) is 0.0393. The number of aryl methyl sites for hydroxylation is 2. The number of hydrogen-bond acceptors (Lipinski definition) is 7. The molecular formula is C69H72N6O4Zn. The van der Waals surface area contributed by atoms with E-state index in [0.717, 1.165) is 104 Å². The van der Waals surface area contributed by atoms with Crippen LogP contribution in [0.15, 0.2) is 154 Å². The van der Waals surface area contributed by atoms with Crippen molar-refractivity contribution in [2.75, 3.05) is 6.61 Å². The number of carbonyl (C=O) groups is 1. The van der Waals surface area contributed by atoms with Gasteiger partial charge in [-0.05, 0) is 127 Å². The Morgan fingerprint density at radius 3 is 1.66 bits per heavy atom. The normalized spacial score (nSPS) is 23.8. The van der Waals surface area contributed by atoms with Crippen LogP contribution in [0.25, 0.3) is 49.9 Å². The zero-order valence-corrected chi connectivity index (χ0v) is 51.3. The molecule has 0 amide bonds. The van der Waals surface area contributed by atoms with Gasteiger partial charge in [0.1, 0.15) is 12.7 Å². The smallest absolute Gasteiger partial charge is 0.671 e. The fourth-order valence-corrected chi connectivity index (χ4v) is 12.8. The minimum Gasteiger partial charge on any atom is -0.671 e. The molecule has 6 aromatic rings. The first-order valence-electron chi connectivity index (χ1n) is 27.9. The van der Waals surface area contributed by atoms with E-state index in [0.29, 0.717) is 81.5 Å². The summed E-state index contributed by atoms with van der Waals surface area (Å²) < 4.78 is 6.28. The topological polar surface area (TPSA) is 126 Å². The summed E-state index contributed by atoms with van der Waals surface area (Å²) in [6.45, 7) is 31.3.